The van der Waals surface area contributed by atoms with Crippen molar-refractivity contribution in [3.8, 4) is 5.75 Å². The fraction of sp³-hybridized carbons (Fsp3) is 0.125. The normalized spacial score (nSPS) is 12.0. The molecule has 0 amide bonds. The van der Waals surface area contributed by atoms with Gasteiger partial charge in [0, 0.05) is 17.0 Å². The molecule has 0 aliphatic heterocycles. The van der Waals surface area contributed by atoms with E-state index in [1.165, 1.54) is 23.4 Å². The quantitative estimate of drug-likeness (QED) is 0.239. The molecular weight excluding hydrogens is 388 g/mol. The van der Waals surface area contributed by atoms with E-state index in [1.807, 2.05) is 60.0 Å². The maximum atomic E-state index is 13.5. The van der Waals surface area contributed by atoms with Gasteiger partial charge in [0.2, 0.25) is 5.90 Å². The van der Waals surface area contributed by atoms with Crippen LogP contribution in [0.4, 0.5) is 14.5 Å². The molecular formula is C24H21F2NOS. The molecule has 0 spiro atoms. The van der Waals surface area contributed by atoms with Crippen LogP contribution in [0.2, 0.25) is 0 Å². The molecule has 0 bridgehead atoms. The van der Waals surface area contributed by atoms with Gasteiger partial charge in [-0.15, -0.1) is 0 Å². The highest BCUT2D eigenvalue weighted by atomic mass is 32.2. The summed E-state index contributed by atoms with van der Waals surface area (Å²) in [4.78, 5) is 5.40. The second-order valence-corrected chi connectivity index (χ2v) is 7.59. The molecule has 0 saturated carbocycles. The van der Waals surface area contributed by atoms with Crippen molar-refractivity contribution in [3.63, 3.8) is 0 Å². The summed E-state index contributed by atoms with van der Waals surface area (Å²) in [6, 6.07) is 21.1. The van der Waals surface area contributed by atoms with Crippen LogP contribution in [0.15, 0.2) is 94.2 Å². The lowest BCUT2D eigenvalue weighted by Crippen LogP contribution is -2.04. The fourth-order valence-corrected chi connectivity index (χ4v) is 3.14. The number of aliphatic imine (C=N–C) groups is 1. The summed E-state index contributed by atoms with van der Waals surface area (Å²) in [5, 5.41) is 1.84. The Morgan fingerprint density at radius 3 is 2.31 bits per heavy atom. The predicted octanol–water partition coefficient (Wildman–Crippen LogP) is 7.50. The Labute approximate surface area is 174 Å². The molecule has 148 valence electrons. The maximum absolute atomic E-state index is 13.5. The highest BCUT2D eigenvalue weighted by molar-refractivity contribution is 8.02. The third kappa shape index (κ3) is 6.29. The second-order valence-electron chi connectivity index (χ2n) is 6.61. The van der Waals surface area contributed by atoms with E-state index in [9.17, 15) is 8.78 Å². The Morgan fingerprint density at radius 1 is 0.931 bits per heavy atom. The first kappa shape index (κ1) is 20.8. The summed E-state index contributed by atoms with van der Waals surface area (Å²) in [5.74, 6) is -0.552. The summed E-state index contributed by atoms with van der Waals surface area (Å²) >= 11 is 1.51. The summed E-state index contributed by atoms with van der Waals surface area (Å²) < 4.78 is 32.6. The lowest BCUT2D eigenvalue weighted by Gasteiger charge is -2.09. The van der Waals surface area contributed by atoms with Crippen LogP contribution in [0.3, 0.4) is 0 Å². The van der Waals surface area contributed by atoms with Gasteiger partial charge < -0.3 is 4.74 Å². The van der Waals surface area contributed by atoms with E-state index in [0.717, 1.165) is 17.0 Å². The van der Waals surface area contributed by atoms with Crippen LogP contribution in [0.5, 0.6) is 5.75 Å². The van der Waals surface area contributed by atoms with Gasteiger partial charge in [-0.05, 0) is 53.3 Å². The van der Waals surface area contributed by atoms with E-state index < -0.39 is 11.6 Å². The fourth-order valence-electron chi connectivity index (χ4n) is 2.49. The van der Waals surface area contributed by atoms with Crippen molar-refractivity contribution in [2.75, 3.05) is 0 Å². The summed E-state index contributed by atoms with van der Waals surface area (Å²) in [7, 11) is 0. The van der Waals surface area contributed by atoms with Crippen LogP contribution in [-0.4, -0.2) is 5.90 Å². The molecule has 3 aromatic rings. The van der Waals surface area contributed by atoms with Gasteiger partial charge in [-0.25, -0.2) is 13.8 Å². The molecule has 0 unspecified atom stereocenters. The van der Waals surface area contributed by atoms with Gasteiger partial charge in [-0.1, -0.05) is 55.9 Å². The first-order chi connectivity index (χ1) is 14.0. The number of benzene rings is 3. The van der Waals surface area contributed by atoms with Crippen LogP contribution in [-0.2, 0) is 0 Å². The summed E-state index contributed by atoms with van der Waals surface area (Å²) in [6.07, 6.45) is 1.70. The largest absolute Gasteiger partial charge is 0.439 e. The third-order valence-electron chi connectivity index (χ3n) is 4.07. The number of halogens is 2. The summed E-state index contributed by atoms with van der Waals surface area (Å²) in [6.45, 7) is 4.24. The van der Waals surface area contributed by atoms with Gasteiger partial charge in [0.05, 0.1) is 5.69 Å². The monoisotopic (exact) mass is 409 g/mol. The van der Waals surface area contributed by atoms with Crippen molar-refractivity contribution < 1.29 is 13.5 Å². The topological polar surface area (TPSA) is 21.6 Å². The molecule has 0 aromatic heterocycles. The lowest BCUT2D eigenvalue weighted by atomic mass is 10.0. The van der Waals surface area contributed by atoms with Crippen molar-refractivity contribution in [3.05, 3.63) is 101 Å². The molecule has 3 aromatic carbocycles. The Bertz CT molecular complexity index is 999. The molecule has 0 radical (unpaired) electrons. The maximum Gasteiger partial charge on any atom is 0.220 e. The number of thioether (sulfide) groups is 1. The van der Waals surface area contributed by atoms with Gasteiger partial charge >= 0.3 is 0 Å². The number of hydrogen-bond donors (Lipinski definition) is 0. The molecule has 2 nitrogen and oxygen atoms in total. The molecule has 0 heterocycles. The molecule has 29 heavy (non-hydrogen) atoms. The third-order valence-corrected chi connectivity index (χ3v) is 4.89. The Morgan fingerprint density at radius 2 is 1.66 bits per heavy atom. The molecule has 0 N–H and O–H groups in total. The zero-order valence-electron chi connectivity index (χ0n) is 16.2. The molecule has 0 aliphatic carbocycles. The molecule has 0 saturated heterocycles. The van der Waals surface area contributed by atoms with Crippen LogP contribution in [0.1, 0.15) is 25.3 Å². The SMILES string of the molecule is CC(C)c1ccc(OC(C=CSc2ccccc2)=Nc2ccc(F)c(F)c2)cc1. The molecule has 5 heteroatoms. The molecule has 3 rings (SSSR count). The van der Waals surface area contributed by atoms with Gasteiger partial charge in [-0.3, -0.25) is 0 Å². The van der Waals surface area contributed by atoms with Gasteiger partial charge in [-0.2, -0.15) is 0 Å². The predicted molar refractivity (Wildman–Crippen MR) is 116 cm³/mol. The smallest absolute Gasteiger partial charge is 0.220 e. The van der Waals surface area contributed by atoms with Crippen LogP contribution in [0, 0.1) is 11.6 Å². The Hall–Kier alpha value is -2.92. The Balaban J connectivity index is 1.83. The minimum absolute atomic E-state index is 0.270. The van der Waals surface area contributed by atoms with Crippen molar-refractivity contribution in [1.29, 1.82) is 0 Å². The van der Waals surface area contributed by atoms with Gasteiger partial charge in [0.1, 0.15) is 5.75 Å². The van der Waals surface area contributed by atoms with E-state index in [4.69, 9.17) is 4.74 Å². The van der Waals surface area contributed by atoms with E-state index in [-0.39, 0.29) is 11.6 Å². The lowest BCUT2D eigenvalue weighted by molar-refractivity contribution is 0.508. The van der Waals surface area contributed by atoms with Crippen LogP contribution >= 0.6 is 11.8 Å². The number of ether oxygens (including phenoxy) is 1. The number of nitrogens with zero attached hydrogens (tertiary/aromatic N) is 1. The number of hydrogen-bond acceptors (Lipinski definition) is 3. The second kappa shape index (κ2) is 10.0. The summed E-state index contributed by atoms with van der Waals surface area (Å²) in [5.41, 5.74) is 1.47. The van der Waals surface area contributed by atoms with E-state index in [1.54, 1.807) is 6.08 Å². The molecule has 0 atom stereocenters. The minimum Gasteiger partial charge on any atom is -0.439 e. The van der Waals surface area contributed by atoms with Crippen molar-refractivity contribution in [1.82, 2.24) is 0 Å². The zero-order valence-corrected chi connectivity index (χ0v) is 17.0. The highest BCUT2D eigenvalue weighted by Gasteiger charge is 2.06. The van der Waals surface area contributed by atoms with E-state index in [2.05, 4.69) is 18.8 Å². The van der Waals surface area contributed by atoms with Crippen molar-refractivity contribution >= 4 is 23.3 Å². The highest BCUT2D eigenvalue weighted by Crippen LogP contribution is 2.22. The van der Waals surface area contributed by atoms with Gasteiger partial charge in [0.15, 0.2) is 11.6 Å². The minimum atomic E-state index is -0.950. The first-order valence-electron chi connectivity index (χ1n) is 9.21. The van der Waals surface area contributed by atoms with E-state index >= 15 is 0 Å². The average molecular weight is 410 g/mol. The number of rotatable bonds is 6. The van der Waals surface area contributed by atoms with Gasteiger partial charge in [0.25, 0.3) is 0 Å². The van der Waals surface area contributed by atoms with Crippen LogP contribution in [0.25, 0.3) is 0 Å². The molecule has 0 fully saturated rings. The average Bonchev–Trinajstić information content (AvgIpc) is 2.72. The van der Waals surface area contributed by atoms with Crippen molar-refractivity contribution in [2.24, 2.45) is 4.99 Å². The van der Waals surface area contributed by atoms with Crippen LogP contribution < -0.4 is 4.74 Å². The first-order valence-corrected chi connectivity index (χ1v) is 10.1. The van der Waals surface area contributed by atoms with E-state index in [0.29, 0.717) is 11.7 Å². The zero-order chi connectivity index (χ0) is 20.6. The standard InChI is InChI=1S/C24H21F2NOS/c1-17(2)18-8-11-20(12-9-18)28-24(14-15-29-21-6-4-3-5-7-21)27-19-10-13-22(25)23(26)16-19/h3-17H,1-2H3. The Kier molecular flexibility index (Phi) is 7.19. The molecule has 0 aliphatic rings. The van der Waals surface area contributed by atoms with Crippen molar-refractivity contribution in [2.45, 2.75) is 24.7 Å².